The minimum atomic E-state index is -3.09. The SMILES string of the molecule is CN=C(NCCCNS(C)(=O)=O)NC1CCN(C(C)C)CC1. The van der Waals surface area contributed by atoms with E-state index in [9.17, 15) is 8.42 Å². The van der Waals surface area contributed by atoms with Crippen LogP contribution >= 0.6 is 0 Å². The van der Waals surface area contributed by atoms with Crippen molar-refractivity contribution in [3.63, 3.8) is 0 Å². The molecule has 7 nitrogen and oxygen atoms in total. The molecular formula is C14H31N5O2S. The van der Waals surface area contributed by atoms with Crippen LogP contribution in [0.1, 0.15) is 33.1 Å². The molecule has 1 aliphatic heterocycles. The number of hydrogen-bond donors (Lipinski definition) is 3. The first-order chi connectivity index (χ1) is 10.3. The summed E-state index contributed by atoms with van der Waals surface area (Å²) in [6.45, 7) is 7.83. The molecule has 0 spiro atoms. The normalized spacial score (nSPS) is 18.7. The lowest BCUT2D eigenvalue weighted by Gasteiger charge is -2.35. The van der Waals surface area contributed by atoms with Crippen LogP contribution in [0.25, 0.3) is 0 Å². The summed E-state index contributed by atoms with van der Waals surface area (Å²) in [6.07, 6.45) is 4.13. The molecule has 0 bridgehead atoms. The molecule has 1 fully saturated rings. The highest BCUT2D eigenvalue weighted by Crippen LogP contribution is 2.12. The summed E-state index contributed by atoms with van der Waals surface area (Å²) in [5.74, 6) is 0.794. The van der Waals surface area contributed by atoms with E-state index in [0.29, 0.717) is 25.2 Å². The second-order valence-electron chi connectivity index (χ2n) is 6.07. The average molecular weight is 334 g/mol. The van der Waals surface area contributed by atoms with Crippen LogP contribution in [0.5, 0.6) is 0 Å². The maximum absolute atomic E-state index is 10.9. The molecule has 0 amide bonds. The Labute approximate surface area is 135 Å². The van der Waals surface area contributed by atoms with Crippen LogP contribution in [0.3, 0.4) is 0 Å². The van der Waals surface area contributed by atoms with Gasteiger partial charge in [-0.3, -0.25) is 4.99 Å². The first-order valence-electron chi connectivity index (χ1n) is 7.97. The van der Waals surface area contributed by atoms with Crippen molar-refractivity contribution in [3.05, 3.63) is 0 Å². The molecule has 0 atom stereocenters. The van der Waals surface area contributed by atoms with Crippen molar-refractivity contribution in [1.82, 2.24) is 20.3 Å². The van der Waals surface area contributed by atoms with E-state index in [1.165, 1.54) is 6.26 Å². The molecule has 0 aliphatic carbocycles. The Hall–Kier alpha value is -0.860. The summed E-state index contributed by atoms with van der Waals surface area (Å²) in [4.78, 5) is 6.72. The van der Waals surface area contributed by atoms with Crippen LogP contribution in [0.2, 0.25) is 0 Å². The van der Waals surface area contributed by atoms with E-state index in [2.05, 4.69) is 39.1 Å². The van der Waals surface area contributed by atoms with Gasteiger partial charge in [0.25, 0.3) is 0 Å². The Morgan fingerprint density at radius 1 is 1.27 bits per heavy atom. The Balaban J connectivity index is 2.21. The lowest BCUT2D eigenvalue weighted by molar-refractivity contribution is 0.167. The summed E-state index contributed by atoms with van der Waals surface area (Å²) >= 11 is 0. The first-order valence-corrected chi connectivity index (χ1v) is 9.87. The highest BCUT2D eigenvalue weighted by atomic mass is 32.2. The third-order valence-corrected chi connectivity index (χ3v) is 4.56. The highest BCUT2D eigenvalue weighted by Gasteiger charge is 2.21. The van der Waals surface area contributed by atoms with Gasteiger partial charge >= 0.3 is 0 Å². The van der Waals surface area contributed by atoms with Gasteiger partial charge in [-0.15, -0.1) is 0 Å². The molecule has 8 heteroatoms. The molecule has 0 aromatic heterocycles. The Morgan fingerprint density at radius 3 is 2.41 bits per heavy atom. The van der Waals surface area contributed by atoms with E-state index in [4.69, 9.17) is 0 Å². The fourth-order valence-corrected chi connectivity index (χ4v) is 3.02. The predicted molar refractivity (Wildman–Crippen MR) is 91.7 cm³/mol. The number of piperidine rings is 1. The molecule has 0 saturated carbocycles. The second kappa shape index (κ2) is 9.32. The summed E-state index contributed by atoms with van der Waals surface area (Å²) in [6, 6.07) is 1.07. The average Bonchev–Trinajstić information content (AvgIpc) is 2.45. The Kier molecular flexibility index (Phi) is 8.13. The van der Waals surface area contributed by atoms with Crippen molar-refractivity contribution in [3.8, 4) is 0 Å². The third-order valence-electron chi connectivity index (χ3n) is 3.83. The number of aliphatic imine (C=N–C) groups is 1. The van der Waals surface area contributed by atoms with E-state index < -0.39 is 10.0 Å². The van der Waals surface area contributed by atoms with Gasteiger partial charge in [-0.25, -0.2) is 13.1 Å². The standard InChI is InChI=1S/C14H31N5O2S/c1-12(2)19-10-6-13(7-11-19)18-14(15-3)16-8-5-9-17-22(4,20)21/h12-13,17H,5-11H2,1-4H3,(H2,15,16,18). The van der Waals surface area contributed by atoms with Crippen molar-refractivity contribution in [1.29, 1.82) is 0 Å². The van der Waals surface area contributed by atoms with Gasteiger partial charge in [0.05, 0.1) is 6.26 Å². The monoisotopic (exact) mass is 333 g/mol. The van der Waals surface area contributed by atoms with Crippen LogP contribution in [0.4, 0.5) is 0 Å². The van der Waals surface area contributed by atoms with E-state index >= 15 is 0 Å². The first kappa shape index (κ1) is 19.2. The zero-order valence-corrected chi connectivity index (χ0v) is 15.0. The molecule has 0 aromatic rings. The molecule has 0 aromatic carbocycles. The lowest BCUT2D eigenvalue weighted by Crippen LogP contribution is -2.50. The van der Waals surface area contributed by atoms with Crippen molar-refractivity contribution in [2.45, 2.75) is 45.2 Å². The smallest absolute Gasteiger partial charge is 0.208 e. The van der Waals surface area contributed by atoms with Crippen LogP contribution in [0, 0.1) is 0 Å². The van der Waals surface area contributed by atoms with Gasteiger partial charge in [0.15, 0.2) is 5.96 Å². The molecule has 0 radical (unpaired) electrons. The van der Waals surface area contributed by atoms with Gasteiger partial charge in [-0.05, 0) is 33.1 Å². The second-order valence-corrected chi connectivity index (χ2v) is 7.90. The van der Waals surface area contributed by atoms with E-state index in [1.807, 2.05) is 0 Å². The lowest BCUT2D eigenvalue weighted by atomic mass is 10.0. The van der Waals surface area contributed by atoms with Gasteiger partial charge < -0.3 is 15.5 Å². The number of rotatable bonds is 7. The van der Waals surface area contributed by atoms with E-state index in [1.54, 1.807) is 7.05 Å². The maximum atomic E-state index is 10.9. The summed E-state index contributed by atoms with van der Waals surface area (Å²) in [7, 11) is -1.34. The largest absolute Gasteiger partial charge is 0.356 e. The van der Waals surface area contributed by atoms with Gasteiger partial charge in [-0.1, -0.05) is 0 Å². The molecule has 130 valence electrons. The minimum Gasteiger partial charge on any atom is -0.356 e. The third kappa shape index (κ3) is 7.95. The molecule has 3 N–H and O–H groups in total. The molecule has 1 heterocycles. The number of likely N-dealkylation sites (tertiary alicyclic amines) is 1. The van der Waals surface area contributed by atoms with Crippen molar-refractivity contribution < 1.29 is 8.42 Å². The maximum Gasteiger partial charge on any atom is 0.208 e. The van der Waals surface area contributed by atoms with Crippen LogP contribution in [-0.4, -0.2) is 70.8 Å². The van der Waals surface area contributed by atoms with Crippen molar-refractivity contribution >= 4 is 16.0 Å². The number of nitrogens with zero attached hydrogens (tertiary/aromatic N) is 2. The molecule has 1 saturated heterocycles. The van der Waals surface area contributed by atoms with Crippen molar-refractivity contribution in [2.24, 2.45) is 4.99 Å². The highest BCUT2D eigenvalue weighted by molar-refractivity contribution is 7.88. The molecular weight excluding hydrogens is 302 g/mol. The van der Waals surface area contributed by atoms with E-state index in [0.717, 1.165) is 38.3 Å². The predicted octanol–water partition coefficient (Wildman–Crippen LogP) is -0.0365. The van der Waals surface area contributed by atoms with Gasteiger partial charge in [0.1, 0.15) is 0 Å². The fraction of sp³-hybridized carbons (Fsp3) is 0.929. The van der Waals surface area contributed by atoms with Crippen LogP contribution in [0.15, 0.2) is 4.99 Å². The molecule has 1 aliphatic rings. The number of nitrogens with one attached hydrogen (secondary N) is 3. The number of hydrogen-bond acceptors (Lipinski definition) is 4. The molecule has 0 unspecified atom stereocenters. The van der Waals surface area contributed by atoms with Crippen LogP contribution < -0.4 is 15.4 Å². The molecule has 22 heavy (non-hydrogen) atoms. The fourth-order valence-electron chi connectivity index (χ4n) is 2.50. The van der Waals surface area contributed by atoms with Crippen LogP contribution in [-0.2, 0) is 10.0 Å². The van der Waals surface area contributed by atoms with Gasteiger partial charge in [-0.2, -0.15) is 0 Å². The molecule has 1 rings (SSSR count). The van der Waals surface area contributed by atoms with Crippen molar-refractivity contribution in [2.75, 3.05) is 39.5 Å². The summed E-state index contributed by atoms with van der Waals surface area (Å²) in [5.41, 5.74) is 0. The number of sulfonamides is 1. The minimum absolute atomic E-state index is 0.440. The van der Waals surface area contributed by atoms with Gasteiger partial charge in [0, 0.05) is 45.3 Å². The zero-order chi connectivity index (χ0) is 16.6. The summed E-state index contributed by atoms with van der Waals surface area (Å²) in [5, 5.41) is 6.67. The van der Waals surface area contributed by atoms with Gasteiger partial charge in [0.2, 0.25) is 10.0 Å². The van der Waals surface area contributed by atoms with E-state index in [-0.39, 0.29) is 0 Å². The topological polar surface area (TPSA) is 85.8 Å². The summed E-state index contributed by atoms with van der Waals surface area (Å²) < 4.78 is 24.4. The number of guanidine groups is 1. The Bertz CT molecular complexity index is 442. The zero-order valence-electron chi connectivity index (χ0n) is 14.2. The Morgan fingerprint density at radius 2 is 1.91 bits per heavy atom. The quantitative estimate of drug-likeness (QED) is 0.346.